The van der Waals surface area contributed by atoms with Gasteiger partial charge in [0.25, 0.3) is 0 Å². The second-order valence-corrected chi connectivity index (χ2v) is 6.87. The zero-order chi connectivity index (χ0) is 18.1. The van der Waals surface area contributed by atoms with E-state index in [4.69, 9.17) is 0 Å². The molecule has 0 radical (unpaired) electrons. The van der Waals surface area contributed by atoms with E-state index in [1.165, 1.54) is 0 Å². The first-order chi connectivity index (χ1) is 11.9. The molecule has 3 nitrogen and oxygen atoms in total. The van der Waals surface area contributed by atoms with E-state index in [-0.39, 0.29) is 18.0 Å². The van der Waals surface area contributed by atoms with Crippen LogP contribution in [-0.2, 0) is 16.0 Å². The monoisotopic (exact) mass is 333 g/mol. The molecule has 25 heavy (non-hydrogen) atoms. The van der Waals surface area contributed by atoms with Crippen LogP contribution >= 0.6 is 0 Å². The number of aryl methyl sites for hydroxylation is 4. The van der Waals surface area contributed by atoms with Crippen molar-refractivity contribution in [2.75, 3.05) is 0 Å². The first kappa shape index (κ1) is 17.3. The highest BCUT2D eigenvalue weighted by molar-refractivity contribution is 6.24. The minimum atomic E-state index is -0.665. The van der Waals surface area contributed by atoms with Gasteiger partial charge in [0.1, 0.15) is 5.92 Å². The lowest BCUT2D eigenvalue weighted by atomic mass is 9.87. The maximum atomic E-state index is 12.9. The maximum absolute atomic E-state index is 12.9. The van der Waals surface area contributed by atoms with Gasteiger partial charge in [0.05, 0.1) is 5.69 Å². The molecule has 0 spiro atoms. The zero-order valence-corrected chi connectivity index (χ0v) is 15.2. The third-order valence-corrected chi connectivity index (χ3v) is 4.87. The Bertz CT molecular complexity index is 852. The normalized spacial score (nSPS) is 19.0. The van der Waals surface area contributed by atoms with Gasteiger partial charge in [-0.05, 0) is 61.6 Å². The second kappa shape index (κ2) is 6.75. The quantitative estimate of drug-likeness (QED) is 0.622. The van der Waals surface area contributed by atoms with Crippen molar-refractivity contribution in [2.45, 2.75) is 46.5 Å². The molecule has 0 N–H and O–H groups in total. The summed E-state index contributed by atoms with van der Waals surface area (Å²) in [6.45, 7) is 8.05. The van der Waals surface area contributed by atoms with Crippen LogP contribution < -0.4 is 0 Å². The van der Waals surface area contributed by atoms with Gasteiger partial charge in [0.2, 0.25) is 0 Å². The summed E-state index contributed by atoms with van der Waals surface area (Å²) < 4.78 is 0. The molecule has 2 aromatic rings. The van der Waals surface area contributed by atoms with E-state index in [0.717, 1.165) is 39.9 Å². The Morgan fingerprint density at radius 3 is 2.36 bits per heavy atom. The Balaban J connectivity index is 1.96. The number of Topliss-reactive ketones (excluding diaryl/α,β-unsaturated/α-hetero) is 2. The summed E-state index contributed by atoms with van der Waals surface area (Å²) in [5, 5.41) is 0. The van der Waals surface area contributed by atoms with Gasteiger partial charge in [-0.1, -0.05) is 30.7 Å². The first-order valence-electron chi connectivity index (χ1n) is 8.71. The fourth-order valence-electron chi connectivity index (χ4n) is 3.68. The van der Waals surface area contributed by atoms with Crippen molar-refractivity contribution < 1.29 is 9.59 Å². The number of rotatable bonds is 3. The molecular formula is C22H23NO2. The van der Waals surface area contributed by atoms with E-state index in [0.29, 0.717) is 5.57 Å². The number of hydrogen-bond donors (Lipinski definition) is 0. The number of nitrogens with zero attached hydrogens (tertiary/aromatic N) is 1. The number of aromatic nitrogens is 1. The van der Waals surface area contributed by atoms with Crippen LogP contribution in [0.4, 0.5) is 0 Å². The van der Waals surface area contributed by atoms with Gasteiger partial charge in [0, 0.05) is 18.2 Å². The van der Waals surface area contributed by atoms with E-state index in [1.54, 1.807) is 6.08 Å². The van der Waals surface area contributed by atoms with E-state index >= 15 is 0 Å². The molecule has 1 saturated carbocycles. The van der Waals surface area contributed by atoms with E-state index in [1.807, 2.05) is 51.2 Å². The summed E-state index contributed by atoms with van der Waals surface area (Å²) >= 11 is 0. The van der Waals surface area contributed by atoms with Crippen LogP contribution in [0.5, 0.6) is 0 Å². The Kier molecular flexibility index (Phi) is 4.67. The Morgan fingerprint density at radius 2 is 1.80 bits per heavy atom. The van der Waals surface area contributed by atoms with E-state index < -0.39 is 5.92 Å². The summed E-state index contributed by atoms with van der Waals surface area (Å²) in [7, 11) is 0. The van der Waals surface area contributed by atoms with Crippen LogP contribution in [-0.4, -0.2) is 16.6 Å². The van der Waals surface area contributed by atoms with Crippen LogP contribution in [0.2, 0.25) is 0 Å². The van der Waals surface area contributed by atoms with Crippen LogP contribution in [0.3, 0.4) is 0 Å². The number of carbonyl (C=O) groups excluding carboxylic acids is 2. The molecule has 0 aliphatic heterocycles. The average molecular weight is 333 g/mol. The van der Waals surface area contributed by atoms with Crippen molar-refractivity contribution in [3.05, 3.63) is 69.5 Å². The average Bonchev–Trinajstić information content (AvgIpc) is 2.82. The predicted molar refractivity (Wildman–Crippen MR) is 99.6 cm³/mol. The molecule has 0 bridgehead atoms. The molecule has 0 amide bonds. The Labute approximate surface area is 148 Å². The van der Waals surface area contributed by atoms with E-state index in [9.17, 15) is 9.59 Å². The predicted octanol–water partition coefficient (Wildman–Crippen LogP) is 4.28. The molecule has 1 fully saturated rings. The van der Waals surface area contributed by atoms with Crippen molar-refractivity contribution in [3.8, 4) is 0 Å². The number of hydrogen-bond acceptors (Lipinski definition) is 3. The molecule has 3 heteroatoms. The lowest BCUT2D eigenvalue weighted by Crippen LogP contribution is -2.15. The molecule has 3 rings (SSSR count). The molecule has 1 heterocycles. The van der Waals surface area contributed by atoms with Crippen molar-refractivity contribution in [2.24, 2.45) is 0 Å². The van der Waals surface area contributed by atoms with Crippen molar-refractivity contribution in [3.63, 3.8) is 0 Å². The molecule has 0 saturated heterocycles. The fourth-order valence-corrected chi connectivity index (χ4v) is 3.68. The van der Waals surface area contributed by atoms with Gasteiger partial charge in [0.15, 0.2) is 11.6 Å². The number of pyridine rings is 1. The minimum Gasteiger partial charge on any atom is -0.298 e. The molecule has 128 valence electrons. The summed E-state index contributed by atoms with van der Waals surface area (Å²) in [4.78, 5) is 29.9. The zero-order valence-electron chi connectivity index (χ0n) is 15.2. The van der Waals surface area contributed by atoms with Crippen molar-refractivity contribution in [1.29, 1.82) is 0 Å². The third kappa shape index (κ3) is 3.32. The minimum absolute atomic E-state index is 0.0171. The van der Waals surface area contributed by atoms with Gasteiger partial charge in [-0.3, -0.25) is 14.6 Å². The van der Waals surface area contributed by atoms with Gasteiger partial charge in [-0.2, -0.15) is 0 Å². The summed E-state index contributed by atoms with van der Waals surface area (Å²) in [5.74, 6) is -0.764. The molecule has 1 atom stereocenters. The van der Waals surface area contributed by atoms with Gasteiger partial charge >= 0.3 is 0 Å². The first-order valence-corrected chi connectivity index (χ1v) is 8.71. The summed E-state index contributed by atoms with van der Waals surface area (Å²) in [6, 6.07) is 7.98. The van der Waals surface area contributed by atoms with Gasteiger partial charge in [-0.15, -0.1) is 0 Å². The van der Waals surface area contributed by atoms with Crippen LogP contribution in [0.1, 0.15) is 52.8 Å². The lowest BCUT2D eigenvalue weighted by molar-refractivity contribution is -0.123. The lowest BCUT2D eigenvalue weighted by Gasteiger charge is -2.15. The fraction of sp³-hybridized carbons (Fsp3) is 0.318. The maximum Gasteiger partial charge on any atom is 0.174 e. The van der Waals surface area contributed by atoms with Crippen LogP contribution in [0.25, 0.3) is 6.08 Å². The highest BCUT2D eigenvalue weighted by atomic mass is 16.2. The van der Waals surface area contributed by atoms with E-state index in [2.05, 4.69) is 11.9 Å². The number of ketones is 2. The van der Waals surface area contributed by atoms with Crippen molar-refractivity contribution in [1.82, 2.24) is 4.98 Å². The Hall–Kier alpha value is -2.55. The van der Waals surface area contributed by atoms with Crippen LogP contribution in [0, 0.1) is 20.8 Å². The molecule has 1 aliphatic carbocycles. The largest absolute Gasteiger partial charge is 0.298 e. The van der Waals surface area contributed by atoms with Gasteiger partial charge in [-0.25, -0.2) is 0 Å². The molecule has 1 aromatic carbocycles. The number of benzene rings is 1. The summed E-state index contributed by atoms with van der Waals surface area (Å²) in [6.07, 6.45) is 4.70. The van der Waals surface area contributed by atoms with Gasteiger partial charge < -0.3 is 0 Å². The van der Waals surface area contributed by atoms with Crippen LogP contribution in [0.15, 0.2) is 36.0 Å². The molecule has 1 aliphatic rings. The smallest absolute Gasteiger partial charge is 0.174 e. The highest BCUT2D eigenvalue weighted by Crippen LogP contribution is 2.36. The molecule has 1 unspecified atom stereocenters. The second-order valence-electron chi connectivity index (χ2n) is 6.87. The summed E-state index contributed by atoms with van der Waals surface area (Å²) in [5.41, 5.74) is 6.48. The third-order valence-electron chi connectivity index (χ3n) is 4.87. The SMILES string of the molecule is CCc1ccc(C=C2CC(=O)C(c3c(C)cc(C)cc3C)C2=O)nc1. The standard InChI is InChI=1S/C22H23NO2/c1-5-16-6-7-18(23-12-16)10-17-11-19(24)21(22(17)25)20-14(3)8-13(2)9-15(20)4/h6-10,12,21H,5,11H2,1-4H3. The molecule has 1 aromatic heterocycles. The molecular weight excluding hydrogens is 310 g/mol. The number of carbonyl (C=O) groups is 2. The Morgan fingerprint density at radius 1 is 1.12 bits per heavy atom. The number of allylic oxidation sites excluding steroid dienone is 1. The highest BCUT2D eigenvalue weighted by Gasteiger charge is 2.39. The van der Waals surface area contributed by atoms with Crippen molar-refractivity contribution >= 4 is 17.6 Å². The topological polar surface area (TPSA) is 47.0 Å².